The molecule has 0 heterocycles. The van der Waals surface area contributed by atoms with Crippen LogP contribution >= 0.6 is 23.2 Å². The lowest BCUT2D eigenvalue weighted by Crippen LogP contribution is -2.12. The number of nitriles is 1. The number of anilines is 1. The molecule has 0 saturated carbocycles. The fourth-order valence-electron chi connectivity index (χ4n) is 1.68. The molecule has 0 aliphatic rings. The zero-order chi connectivity index (χ0) is 14.7. The number of rotatable bonds is 2. The average molecular weight is 305 g/mol. The van der Waals surface area contributed by atoms with Gasteiger partial charge in [0.25, 0.3) is 5.91 Å². The van der Waals surface area contributed by atoms with E-state index < -0.39 is 0 Å². The summed E-state index contributed by atoms with van der Waals surface area (Å²) in [5.41, 5.74) is 2.22. The normalized spacial score (nSPS) is 9.90. The highest BCUT2D eigenvalue weighted by atomic mass is 35.5. The van der Waals surface area contributed by atoms with E-state index in [1.807, 2.05) is 13.0 Å². The standard InChI is InChI=1S/C15H10Cl2N2O/c1-9-2-4-11(12(16)6-9)15(20)19-14-5-3-10(8-18)7-13(14)17/h2-7H,1H3,(H,19,20). The van der Waals surface area contributed by atoms with E-state index in [-0.39, 0.29) is 5.91 Å². The van der Waals surface area contributed by atoms with Crippen LogP contribution in [0.2, 0.25) is 10.0 Å². The van der Waals surface area contributed by atoms with Gasteiger partial charge in [-0.1, -0.05) is 29.3 Å². The van der Waals surface area contributed by atoms with Crippen LogP contribution in [0.3, 0.4) is 0 Å². The van der Waals surface area contributed by atoms with Gasteiger partial charge < -0.3 is 5.32 Å². The number of nitrogens with zero attached hydrogens (tertiary/aromatic N) is 1. The maximum atomic E-state index is 12.1. The van der Waals surface area contributed by atoms with Crippen LogP contribution in [0.5, 0.6) is 0 Å². The molecule has 0 unspecified atom stereocenters. The highest BCUT2D eigenvalue weighted by Gasteiger charge is 2.12. The monoisotopic (exact) mass is 304 g/mol. The van der Waals surface area contributed by atoms with Crippen LogP contribution in [-0.4, -0.2) is 5.91 Å². The minimum absolute atomic E-state index is 0.306. The SMILES string of the molecule is Cc1ccc(C(=O)Nc2ccc(C#N)cc2Cl)c(Cl)c1. The fraction of sp³-hybridized carbons (Fsp3) is 0.0667. The third-order valence-electron chi connectivity index (χ3n) is 2.72. The summed E-state index contributed by atoms with van der Waals surface area (Å²) in [6.45, 7) is 1.89. The smallest absolute Gasteiger partial charge is 0.257 e. The number of carbonyl (C=O) groups excluding carboxylic acids is 1. The topological polar surface area (TPSA) is 52.9 Å². The van der Waals surface area contributed by atoms with Crippen molar-refractivity contribution in [2.75, 3.05) is 5.32 Å². The van der Waals surface area contributed by atoms with Gasteiger partial charge in [-0.15, -0.1) is 0 Å². The van der Waals surface area contributed by atoms with Crippen molar-refractivity contribution in [2.24, 2.45) is 0 Å². The molecule has 0 bridgehead atoms. The van der Waals surface area contributed by atoms with Gasteiger partial charge >= 0.3 is 0 Å². The van der Waals surface area contributed by atoms with Crippen molar-refractivity contribution in [2.45, 2.75) is 6.92 Å². The third-order valence-corrected chi connectivity index (χ3v) is 3.34. The first-order valence-corrected chi connectivity index (χ1v) is 6.54. The predicted molar refractivity (Wildman–Crippen MR) is 80.3 cm³/mol. The molecule has 2 aromatic rings. The summed E-state index contributed by atoms with van der Waals surface area (Å²) >= 11 is 12.0. The van der Waals surface area contributed by atoms with Gasteiger partial charge in [-0.05, 0) is 42.8 Å². The number of benzene rings is 2. The quantitative estimate of drug-likeness (QED) is 0.892. The van der Waals surface area contributed by atoms with E-state index >= 15 is 0 Å². The molecule has 20 heavy (non-hydrogen) atoms. The van der Waals surface area contributed by atoms with Crippen LogP contribution in [0, 0.1) is 18.3 Å². The molecule has 2 aromatic carbocycles. The molecule has 5 heteroatoms. The summed E-state index contributed by atoms with van der Waals surface area (Å²) in [7, 11) is 0. The average Bonchev–Trinajstić information content (AvgIpc) is 2.40. The van der Waals surface area contributed by atoms with Gasteiger partial charge in [0.2, 0.25) is 0 Å². The molecule has 0 fully saturated rings. The Morgan fingerprint density at radius 1 is 1.15 bits per heavy atom. The Hall–Kier alpha value is -2.02. The maximum Gasteiger partial charge on any atom is 0.257 e. The Labute approximate surface area is 126 Å². The molecule has 1 N–H and O–H groups in total. The van der Waals surface area contributed by atoms with E-state index in [9.17, 15) is 4.79 Å². The molecule has 2 rings (SSSR count). The minimum atomic E-state index is -0.346. The molecule has 0 radical (unpaired) electrons. The molecular formula is C15H10Cl2N2O. The Kier molecular flexibility index (Phi) is 4.29. The van der Waals surface area contributed by atoms with Crippen LogP contribution in [0.15, 0.2) is 36.4 Å². The van der Waals surface area contributed by atoms with E-state index in [2.05, 4.69) is 5.32 Å². The lowest BCUT2D eigenvalue weighted by Gasteiger charge is -2.09. The van der Waals surface area contributed by atoms with Crippen molar-refractivity contribution in [3.05, 3.63) is 63.1 Å². The number of halogens is 2. The first kappa shape index (κ1) is 14.4. The molecule has 0 spiro atoms. The summed E-state index contributed by atoms with van der Waals surface area (Å²) in [6.07, 6.45) is 0. The van der Waals surface area contributed by atoms with Gasteiger partial charge in [0, 0.05) is 0 Å². The maximum absolute atomic E-state index is 12.1. The van der Waals surface area contributed by atoms with Crippen molar-refractivity contribution in [3.8, 4) is 6.07 Å². The van der Waals surface area contributed by atoms with E-state index in [0.717, 1.165) is 5.56 Å². The van der Waals surface area contributed by atoms with E-state index in [1.54, 1.807) is 30.3 Å². The van der Waals surface area contributed by atoms with Crippen molar-refractivity contribution >= 4 is 34.8 Å². The number of hydrogen-bond acceptors (Lipinski definition) is 2. The summed E-state index contributed by atoms with van der Waals surface area (Å²) in [5.74, 6) is -0.346. The number of nitrogens with one attached hydrogen (secondary N) is 1. The molecule has 0 saturated heterocycles. The second kappa shape index (κ2) is 5.96. The first-order chi connectivity index (χ1) is 9.51. The van der Waals surface area contributed by atoms with E-state index in [0.29, 0.717) is 26.9 Å². The van der Waals surface area contributed by atoms with Crippen LogP contribution in [0.25, 0.3) is 0 Å². The minimum Gasteiger partial charge on any atom is -0.321 e. The second-order valence-electron chi connectivity index (χ2n) is 4.24. The van der Waals surface area contributed by atoms with Crippen molar-refractivity contribution in [3.63, 3.8) is 0 Å². The Morgan fingerprint density at radius 3 is 2.50 bits per heavy atom. The second-order valence-corrected chi connectivity index (χ2v) is 5.06. The van der Waals surface area contributed by atoms with Gasteiger partial charge in [0.15, 0.2) is 0 Å². The lowest BCUT2D eigenvalue weighted by atomic mass is 10.1. The molecule has 0 aromatic heterocycles. The number of aryl methyl sites for hydroxylation is 1. The number of amides is 1. The Morgan fingerprint density at radius 2 is 1.90 bits per heavy atom. The van der Waals surface area contributed by atoms with Crippen molar-refractivity contribution < 1.29 is 4.79 Å². The van der Waals surface area contributed by atoms with E-state index in [4.69, 9.17) is 28.5 Å². The zero-order valence-electron chi connectivity index (χ0n) is 10.6. The van der Waals surface area contributed by atoms with Gasteiger partial charge in [-0.3, -0.25) is 4.79 Å². The number of hydrogen-bond donors (Lipinski definition) is 1. The molecule has 100 valence electrons. The largest absolute Gasteiger partial charge is 0.321 e. The van der Waals surface area contributed by atoms with Crippen molar-refractivity contribution in [1.29, 1.82) is 5.26 Å². The van der Waals surface area contributed by atoms with Gasteiger partial charge in [-0.2, -0.15) is 5.26 Å². The molecular weight excluding hydrogens is 295 g/mol. The fourth-order valence-corrected chi connectivity index (χ4v) is 2.23. The van der Waals surface area contributed by atoms with Crippen LogP contribution in [0.4, 0.5) is 5.69 Å². The highest BCUT2D eigenvalue weighted by Crippen LogP contribution is 2.25. The third kappa shape index (κ3) is 3.11. The molecule has 1 amide bonds. The molecule has 3 nitrogen and oxygen atoms in total. The molecule has 0 aliphatic carbocycles. The lowest BCUT2D eigenvalue weighted by molar-refractivity contribution is 0.102. The highest BCUT2D eigenvalue weighted by molar-refractivity contribution is 6.36. The van der Waals surface area contributed by atoms with Gasteiger partial charge in [0.05, 0.1) is 32.9 Å². The first-order valence-electron chi connectivity index (χ1n) is 5.78. The van der Waals surface area contributed by atoms with Crippen LogP contribution in [-0.2, 0) is 0 Å². The summed E-state index contributed by atoms with van der Waals surface area (Å²) in [6, 6.07) is 11.8. The predicted octanol–water partition coefficient (Wildman–Crippen LogP) is 4.43. The van der Waals surface area contributed by atoms with Gasteiger partial charge in [-0.25, -0.2) is 0 Å². The molecule has 0 atom stereocenters. The Balaban J connectivity index is 2.26. The Bertz CT molecular complexity index is 720. The van der Waals surface area contributed by atoms with Crippen molar-refractivity contribution in [1.82, 2.24) is 0 Å². The van der Waals surface area contributed by atoms with E-state index in [1.165, 1.54) is 6.07 Å². The van der Waals surface area contributed by atoms with Gasteiger partial charge in [0.1, 0.15) is 0 Å². The van der Waals surface area contributed by atoms with Crippen LogP contribution < -0.4 is 5.32 Å². The summed E-state index contributed by atoms with van der Waals surface area (Å²) < 4.78 is 0. The van der Waals surface area contributed by atoms with Crippen LogP contribution in [0.1, 0.15) is 21.5 Å². The molecule has 0 aliphatic heterocycles. The summed E-state index contributed by atoms with van der Waals surface area (Å²) in [4.78, 5) is 12.1. The number of carbonyl (C=O) groups is 1. The summed E-state index contributed by atoms with van der Waals surface area (Å²) in [5, 5.41) is 12.1. The zero-order valence-corrected chi connectivity index (χ0v) is 12.1.